The number of rotatable bonds is 4. The van der Waals surface area contributed by atoms with Gasteiger partial charge in [0.25, 0.3) is 0 Å². The van der Waals surface area contributed by atoms with Crippen LogP contribution in [0.5, 0.6) is 0 Å². The molecule has 190 valence electrons. The van der Waals surface area contributed by atoms with Crippen LogP contribution in [0.2, 0.25) is 5.02 Å². The predicted octanol–water partition coefficient (Wildman–Crippen LogP) is 6.56. The minimum Gasteiger partial charge on any atom is -0.342 e. The number of aryl methyl sites for hydroxylation is 1. The summed E-state index contributed by atoms with van der Waals surface area (Å²) < 4.78 is 38.9. The van der Waals surface area contributed by atoms with Gasteiger partial charge >= 0.3 is 6.18 Å². The number of hydrogen-bond donors (Lipinski definition) is 1. The lowest BCUT2D eigenvalue weighted by molar-refractivity contribution is -0.137. The zero-order chi connectivity index (χ0) is 25.6. The number of H-pyrrole nitrogens is 1. The second-order valence-electron chi connectivity index (χ2n) is 9.78. The Morgan fingerprint density at radius 3 is 2.56 bits per heavy atom. The van der Waals surface area contributed by atoms with Crippen molar-refractivity contribution in [3.05, 3.63) is 70.0 Å². The molecule has 0 saturated carbocycles. The molecule has 9 heteroatoms. The molecule has 1 unspecified atom stereocenters. The summed E-state index contributed by atoms with van der Waals surface area (Å²) in [6.07, 6.45) is -2.17. The third-order valence-electron chi connectivity index (χ3n) is 7.31. The van der Waals surface area contributed by atoms with Crippen molar-refractivity contribution in [2.45, 2.75) is 57.8 Å². The van der Waals surface area contributed by atoms with Gasteiger partial charge < -0.3 is 9.88 Å². The Kier molecular flexibility index (Phi) is 6.59. The SMILES string of the molecule is Cc1[nH]c(-c2ccc(C(F)(F)F)cc2Cl)nc1CN1CCC(N2C(=O)CC(C)c3ccccc32)CC1. The van der Waals surface area contributed by atoms with Crippen LogP contribution < -0.4 is 4.90 Å². The number of amides is 1. The van der Waals surface area contributed by atoms with E-state index in [1.807, 2.05) is 24.0 Å². The normalized spacial score (nSPS) is 19.6. The average molecular weight is 517 g/mol. The lowest BCUT2D eigenvalue weighted by Crippen LogP contribution is -2.49. The minimum atomic E-state index is -4.45. The highest BCUT2D eigenvalue weighted by atomic mass is 35.5. The Morgan fingerprint density at radius 1 is 1.14 bits per heavy atom. The van der Waals surface area contributed by atoms with Crippen molar-refractivity contribution in [1.29, 1.82) is 0 Å². The van der Waals surface area contributed by atoms with E-state index in [0.717, 1.165) is 55.1 Å². The highest BCUT2D eigenvalue weighted by Gasteiger charge is 2.35. The molecule has 3 aromatic rings. The number of carbonyl (C=O) groups excluding carboxylic acids is 1. The first kappa shape index (κ1) is 24.8. The summed E-state index contributed by atoms with van der Waals surface area (Å²) in [6.45, 7) is 6.29. The summed E-state index contributed by atoms with van der Waals surface area (Å²) in [5.74, 6) is 0.890. The number of para-hydroxylation sites is 1. The lowest BCUT2D eigenvalue weighted by Gasteiger charge is -2.42. The number of nitrogens with one attached hydrogen (secondary N) is 1. The van der Waals surface area contributed by atoms with E-state index >= 15 is 0 Å². The van der Waals surface area contributed by atoms with Gasteiger partial charge in [0, 0.05) is 49.0 Å². The zero-order valence-electron chi connectivity index (χ0n) is 20.2. The van der Waals surface area contributed by atoms with Gasteiger partial charge in [-0.05, 0) is 55.5 Å². The fourth-order valence-corrected chi connectivity index (χ4v) is 5.61. The van der Waals surface area contributed by atoms with E-state index in [1.165, 1.54) is 11.6 Å². The molecule has 1 amide bonds. The third kappa shape index (κ3) is 4.76. The molecular weight excluding hydrogens is 489 g/mol. The van der Waals surface area contributed by atoms with Gasteiger partial charge in [-0.15, -0.1) is 0 Å². The van der Waals surface area contributed by atoms with Crippen molar-refractivity contribution < 1.29 is 18.0 Å². The molecule has 1 saturated heterocycles. The first-order valence-corrected chi connectivity index (χ1v) is 12.6. The van der Waals surface area contributed by atoms with Crippen LogP contribution in [0.4, 0.5) is 18.9 Å². The van der Waals surface area contributed by atoms with Crippen LogP contribution in [0.15, 0.2) is 42.5 Å². The van der Waals surface area contributed by atoms with Crippen molar-refractivity contribution in [3.8, 4) is 11.4 Å². The summed E-state index contributed by atoms with van der Waals surface area (Å²) in [6, 6.07) is 11.7. The van der Waals surface area contributed by atoms with E-state index in [-0.39, 0.29) is 22.9 Å². The molecule has 3 heterocycles. The highest BCUT2D eigenvalue weighted by molar-refractivity contribution is 6.33. The molecule has 2 aliphatic heterocycles. The molecule has 5 nitrogen and oxygen atoms in total. The molecule has 0 spiro atoms. The second-order valence-corrected chi connectivity index (χ2v) is 10.2. The van der Waals surface area contributed by atoms with Crippen molar-refractivity contribution in [2.24, 2.45) is 0 Å². The minimum absolute atomic E-state index is 0.00624. The van der Waals surface area contributed by atoms with Crippen molar-refractivity contribution in [2.75, 3.05) is 18.0 Å². The van der Waals surface area contributed by atoms with E-state index in [0.29, 0.717) is 24.4 Å². The fraction of sp³-hybridized carbons (Fsp3) is 0.407. The summed E-state index contributed by atoms with van der Waals surface area (Å²) in [5, 5.41) is 0.00624. The summed E-state index contributed by atoms with van der Waals surface area (Å²) >= 11 is 6.17. The number of halogens is 4. The maximum Gasteiger partial charge on any atom is 0.416 e. The molecule has 1 aromatic heterocycles. The van der Waals surface area contributed by atoms with Crippen LogP contribution in [-0.2, 0) is 17.5 Å². The van der Waals surface area contributed by atoms with Crippen molar-refractivity contribution in [1.82, 2.24) is 14.9 Å². The Morgan fingerprint density at radius 2 is 1.86 bits per heavy atom. The molecule has 0 aliphatic carbocycles. The van der Waals surface area contributed by atoms with Gasteiger partial charge in [0.05, 0.1) is 16.3 Å². The van der Waals surface area contributed by atoms with Crippen LogP contribution in [0.25, 0.3) is 11.4 Å². The molecule has 1 N–H and O–H groups in total. The van der Waals surface area contributed by atoms with Crippen molar-refractivity contribution in [3.63, 3.8) is 0 Å². The number of carbonyl (C=O) groups is 1. The van der Waals surface area contributed by atoms with E-state index in [2.05, 4.69) is 33.9 Å². The number of piperidine rings is 1. The van der Waals surface area contributed by atoms with Gasteiger partial charge in [-0.25, -0.2) is 4.98 Å². The third-order valence-corrected chi connectivity index (χ3v) is 7.62. The van der Waals surface area contributed by atoms with E-state index < -0.39 is 11.7 Å². The molecule has 1 atom stereocenters. The maximum atomic E-state index is 13.0. The zero-order valence-corrected chi connectivity index (χ0v) is 21.0. The van der Waals surface area contributed by atoms with E-state index in [9.17, 15) is 18.0 Å². The number of nitrogens with zero attached hydrogens (tertiary/aromatic N) is 3. The number of fused-ring (bicyclic) bond motifs is 1. The monoisotopic (exact) mass is 516 g/mol. The fourth-order valence-electron chi connectivity index (χ4n) is 5.34. The molecule has 1 fully saturated rings. The molecule has 2 aromatic carbocycles. The molecule has 0 radical (unpaired) electrons. The van der Waals surface area contributed by atoms with Crippen LogP contribution in [0, 0.1) is 6.92 Å². The number of likely N-dealkylation sites (tertiary alicyclic amines) is 1. The molecule has 0 bridgehead atoms. The molecule has 2 aliphatic rings. The Hall–Kier alpha value is -2.84. The molecule has 36 heavy (non-hydrogen) atoms. The average Bonchev–Trinajstić information content (AvgIpc) is 3.19. The summed E-state index contributed by atoms with van der Waals surface area (Å²) in [7, 11) is 0. The number of alkyl halides is 3. The Balaban J connectivity index is 1.26. The van der Waals surface area contributed by atoms with Gasteiger partial charge in [-0.1, -0.05) is 36.7 Å². The predicted molar refractivity (Wildman–Crippen MR) is 134 cm³/mol. The number of imidazole rings is 1. The number of hydrogen-bond acceptors (Lipinski definition) is 3. The van der Waals surface area contributed by atoms with Crippen LogP contribution >= 0.6 is 11.6 Å². The second kappa shape index (κ2) is 9.56. The number of aromatic nitrogens is 2. The van der Waals surface area contributed by atoms with E-state index in [1.54, 1.807) is 0 Å². The van der Waals surface area contributed by atoms with Crippen molar-refractivity contribution >= 4 is 23.2 Å². The number of benzene rings is 2. The summed E-state index contributed by atoms with van der Waals surface area (Å²) in [5.41, 5.74) is 3.63. The number of anilines is 1. The topological polar surface area (TPSA) is 52.2 Å². The summed E-state index contributed by atoms with van der Waals surface area (Å²) in [4.78, 5) is 25.1. The van der Waals surface area contributed by atoms with Gasteiger partial charge in [-0.2, -0.15) is 13.2 Å². The molecular formula is C27H28ClF3N4O. The Bertz CT molecular complexity index is 1280. The van der Waals surface area contributed by atoms with Crippen LogP contribution in [0.1, 0.15) is 54.6 Å². The number of aromatic amines is 1. The van der Waals surface area contributed by atoms with E-state index in [4.69, 9.17) is 11.6 Å². The first-order chi connectivity index (χ1) is 17.1. The Labute approximate surface area is 213 Å². The maximum absolute atomic E-state index is 13.0. The van der Waals surface area contributed by atoms with Crippen LogP contribution in [0.3, 0.4) is 0 Å². The van der Waals surface area contributed by atoms with Gasteiger partial charge in [0.15, 0.2) is 0 Å². The largest absolute Gasteiger partial charge is 0.416 e. The van der Waals surface area contributed by atoms with Gasteiger partial charge in [0.2, 0.25) is 5.91 Å². The van der Waals surface area contributed by atoms with Gasteiger partial charge in [-0.3, -0.25) is 9.69 Å². The first-order valence-electron chi connectivity index (χ1n) is 12.2. The molecule has 5 rings (SSSR count). The highest BCUT2D eigenvalue weighted by Crippen LogP contribution is 2.39. The lowest BCUT2D eigenvalue weighted by atomic mass is 9.88. The van der Waals surface area contributed by atoms with Crippen LogP contribution in [-0.4, -0.2) is 39.9 Å². The smallest absolute Gasteiger partial charge is 0.342 e. The quantitative estimate of drug-likeness (QED) is 0.427. The van der Waals surface area contributed by atoms with Gasteiger partial charge in [0.1, 0.15) is 5.82 Å². The standard InChI is InChI=1S/C27H28ClF3N4O/c1-16-13-25(36)35(24-6-4-3-5-20(16)24)19-9-11-34(12-10-19)15-23-17(2)32-26(33-23)21-8-7-18(14-22(21)28)27(29,30)31/h3-8,14,16,19H,9-13,15H2,1-2H3,(H,32,33).